The number of methoxy groups -OCH3 is 5. The zero-order chi connectivity index (χ0) is 105. The molecular formula is C113H234N6O13Si9. The van der Waals surface area contributed by atoms with Crippen molar-refractivity contribution in [1.82, 2.24) is 29.4 Å². The molecule has 0 fully saturated rings. The van der Waals surface area contributed by atoms with Gasteiger partial charge in [0.05, 0.1) is 112 Å². The van der Waals surface area contributed by atoms with Crippen LogP contribution in [0.15, 0.2) is 18.2 Å². The van der Waals surface area contributed by atoms with Gasteiger partial charge in [-0.05, 0) is 188 Å². The van der Waals surface area contributed by atoms with Crippen molar-refractivity contribution in [1.29, 1.82) is 0 Å². The van der Waals surface area contributed by atoms with Crippen LogP contribution in [0.4, 0.5) is 0 Å². The van der Waals surface area contributed by atoms with Crippen LogP contribution in [0.3, 0.4) is 0 Å². The molecule has 0 aliphatic rings. The topological polar surface area (TPSA) is 179 Å². The van der Waals surface area contributed by atoms with Gasteiger partial charge in [-0.1, -0.05) is 351 Å². The summed E-state index contributed by atoms with van der Waals surface area (Å²) < 4.78 is 45.8. The first-order valence-electron chi connectivity index (χ1n) is 58.6. The van der Waals surface area contributed by atoms with Gasteiger partial charge in [0.15, 0.2) is 0 Å². The van der Waals surface area contributed by atoms with Crippen molar-refractivity contribution in [3.63, 3.8) is 0 Å². The van der Waals surface area contributed by atoms with E-state index in [2.05, 4.69) is 194 Å². The van der Waals surface area contributed by atoms with Crippen LogP contribution in [0, 0.1) is 0 Å². The van der Waals surface area contributed by atoms with Crippen molar-refractivity contribution < 1.29 is 61.9 Å². The van der Waals surface area contributed by atoms with E-state index in [-0.39, 0.29) is 29.8 Å². The lowest BCUT2D eigenvalue weighted by Gasteiger charge is -2.32. The Bertz CT molecular complexity index is 3200. The number of ether oxygens (including phenoxy) is 8. The Balaban J connectivity index is 3.74. The predicted octanol–water partition coefficient (Wildman–Crippen LogP) is 30.0. The zero-order valence-corrected chi connectivity index (χ0v) is 107. The highest BCUT2D eigenvalue weighted by Gasteiger charge is 2.35. The van der Waals surface area contributed by atoms with E-state index in [1.165, 1.54) is 356 Å². The average molecular weight is 2140 g/mol. The lowest BCUT2D eigenvalue weighted by molar-refractivity contribution is -0.142. The number of esters is 5. The quantitative estimate of drug-likeness (QED) is 0.0260. The third-order valence-electron chi connectivity index (χ3n) is 31.8. The standard InChI is InChI=1S/C113H234N6O13Si9/c1-28-61-114(62-29-2)69-45-83-134(15,16)90-52-99-140(26,100-53-91-135(17,18)84-46-70-115(63-30-3)64-31-4)95-43-39-80-131-107-103-106(104-108(105-107)132-81-40-44-96-141(27,101-54-92-136(19,20)85-47-71-116(65-32-5)66-33-6)102-55-93-138(23,24)87-49-73-119(77-59-112(123)128-11)78-60-113(124)129-12)130-79-38-35-36-41-94-139(25,97-50-88-133(13,14)82-42-37-68-117(67-34-7)74-56-109(120)125-8)98-51-89-137(21,22)86-48-72-118(75-57-110(121)126-9)76-58-111(122)127-10/h103-105H,28-102H2,1-27H3. The monoisotopic (exact) mass is 2140 g/mol. The minimum atomic E-state index is -1.62. The highest BCUT2D eigenvalue weighted by Crippen LogP contribution is 2.39. The molecule has 0 N–H and O–H groups in total. The molecule has 0 aliphatic carbocycles. The first kappa shape index (κ1) is 137. The first-order valence-corrected chi connectivity index (χ1v) is 88.5. The molecule has 0 spiro atoms. The summed E-state index contributed by atoms with van der Waals surface area (Å²) in [4.78, 5) is 76.1. The molecule has 2 unspecified atom stereocenters. The number of carbonyl (C=O) groups is 5. The summed E-state index contributed by atoms with van der Waals surface area (Å²) in [5, 5.41) is 0. The van der Waals surface area contributed by atoms with Crippen LogP contribution >= 0.6 is 0 Å². The summed E-state index contributed by atoms with van der Waals surface area (Å²) in [6, 6.07) is 36.0. The fourth-order valence-electron chi connectivity index (χ4n) is 22.3. The molecule has 1 aromatic rings. The van der Waals surface area contributed by atoms with E-state index in [4.69, 9.17) is 37.9 Å². The van der Waals surface area contributed by atoms with E-state index < -0.39 is 72.7 Å². The maximum atomic E-state index is 12.2. The summed E-state index contributed by atoms with van der Waals surface area (Å²) in [6.45, 7) is 76.8. The van der Waals surface area contributed by atoms with E-state index in [1.807, 2.05) is 0 Å². The van der Waals surface area contributed by atoms with Gasteiger partial charge < -0.3 is 67.3 Å². The fraction of sp³-hybridized carbons (Fsp3) is 0.903. The normalized spacial score (nSPS) is 13.6. The molecule has 0 amide bonds. The van der Waals surface area contributed by atoms with E-state index in [0.29, 0.717) is 78.1 Å². The van der Waals surface area contributed by atoms with Crippen molar-refractivity contribution in [2.75, 3.05) is 173 Å². The van der Waals surface area contributed by atoms with Gasteiger partial charge >= 0.3 is 29.8 Å². The summed E-state index contributed by atoms with van der Waals surface area (Å²) in [5.74, 6) is 1.66. The van der Waals surface area contributed by atoms with Crippen LogP contribution in [-0.2, 0) is 47.7 Å². The van der Waals surface area contributed by atoms with E-state index in [0.717, 1.165) is 94.9 Å². The number of unbranched alkanes of at least 4 members (excludes halogenated alkanes) is 6. The van der Waals surface area contributed by atoms with Gasteiger partial charge in [-0.25, -0.2) is 0 Å². The largest absolute Gasteiger partial charge is 0.493 e. The maximum absolute atomic E-state index is 12.2. The summed E-state index contributed by atoms with van der Waals surface area (Å²) in [5.41, 5.74) is 0. The van der Waals surface area contributed by atoms with Crippen LogP contribution < -0.4 is 14.2 Å². The van der Waals surface area contributed by atoms with Gasteiger partial charge in [-0.2, -0.15) is 0 Å². The van der Waals surface area contributed by atoms with Crippen molar-refractivity contribution in [2.24, 2.45) is 0 Å². The van der Waals surface area contributed by atoms with Gasteiger partial charge in [0, 0.05) is 99.4 Å². The van der Waals surface area contributed by atoms with E-state index in [9.17, 15) is 24.0 Å². The molecule has 28 heteroatoms. The Morgan fingerprint density at radius 3 is 0.560 bits per heavy atom. The van der Waals surface area contributed by atoms with Gasteiger partial charge in [-0.15, -0.1) is 0 Å². The number of hydrogen-bond acceptors (Lipinski definition) is 19. The summed E-state index contributed by atoms with van der Waals surface area (Å²) >= 11 is 0. The van der Waals surface area contributed by atoms with Gasteiger partial charge in [-0.3, -0.25) is 24.0 Å². The second-order valence-corrected chi connectivity index (χ2v) is 96.8. The number of hydrogen-bond donors (Lipinski definition) is 0. The highest BCUT2D eigenvalue weighted by molar-refractivity contribution is 6.82. The molecule has 1 rings (SSSR count). The van der Waals surface area contributed by atoms with Crippen molar-refractivity contribution >= 4 is 103 Å². The van der Waals surface area contributed by atoms with Crippen LogP contribution in [0.1, 0.15) is 260 Å². The molecular weight excluding hydrogens is 1900 g/mol. The summed E-state index contributed by atoms with van der Waals surface area (Å²) in [6.07, 6.45) is 36.6. The zero-order valence-electron chi connectivity index (χ0n) is 98.3. The number of rotatable bonds is 98. The molecule has 0 radical (unpaired) electrons. The summed E-state index contributed by atoms with van der Waals surface area (Å²) in [7, 11) is -5.87. The molecule has 1 aromatic carbocycles. The van der Waals surface area contributed by atoms with Gasteiger partial charge in [0.2, 0.25) is 0 Å². The third-order valence-corrected chi connectivity index (χ3v) is 66.3. The van der Waals surface area contributed by atoms with Crippen LogP contribution in [-0.4, -0.2) is 305 Å². The van der Waals surface area contributed by atoms with Gasteiger partial charge in [0.25, 0.3) is 0 Å². The van der Waals surface area contributed by atoms with E-state index >= 15 is 0 Å². The molecule has 141 heavy (non-hydrogen) atoms. The maximum Gasteiger partial charge on any atom is 0.306 e. The number of benzene rings is 1. The third kappa shape index (κ3) is 73.5. The fourth-order valence-corrected chi connectivity index (χ4v) is 51.3. The van der Waals surface area contributed by atoms with Crippen LogP contribution in [0.2, 0.25) is 225 Å². The molecule has 0 aliphatic heterocycles. The lowest BCUT2D eigenvalue weighted by Crippen LogP contribution is -2.34. The average Bonchev–Trinajstić information content (AvgIpc) is 0.884. The Labute approximate surface area is 881 Å². The SMILES string of the molecule is CCCN(CCC)CCC[Si](C)(C)CCC[Si](C)(CCCCOc1cc(OCCCCCC[Si](C)(CCC[Si](C)(C)CCCCN(CCC)CCC(=O)OC)CCC[Si](C)(C)CCCN(CCC(=O)OC)CCC(=O)OC)cc(OCCCC[Si](C)(CCC[Si](C)(C)CCCN(CCC)CCC)CCC[Si](C)(C)CCCN(CCC(=O)OC)CCC(=O)OC)c1)CCC[Si](C)(C)CCCN(CCC)CCC. The first-order chi connectivity index (χ1) is 66.9. The van der Waals surface area contributed by atoms with Crippen molar-refractivity contribution in [2.45, 2.75) is 485 Å². The molecule has 19 nitrogen and oxygen atoms in total. The molecule has 2 atom stereocenters. The Kier molecular flexibility index (Phi) is 77.2. The molecule has 0 saturated carbocycles. The second-order valence-electron chi connectivity index (χ2n) is 49.5. The molecule has 0 heterocycles. The lowest BCUT2D eigenvalue weighted by atomic mass is 10.2. The highest BCUT2D eigenvalue weighted by atomic mass is 28.3. The minimum Gasteiger partial charge on any atom is -0.493 e. The molecule has 0 saturated heterocycles. The smallest absolute Gasteiger partial charge is 0.306 e. The second kappa shape index (κ2) is 79.7. The molecule has 0 aromatic heterocycles. The predicted molar refractivity (Wildman–Crippen MR) is 634 cm³/mol. The Morgan fingerprint density at radius 2 is 0.348 bits per heavy atom. The van der Waals surface area contributed by atoms with Crippen molar-refractivity contribution in [3.8, 4) is 17.2 Å². The molecule has 0 bridgehead atoms. The molecule has 830 valence electrons. The number of nitrogens with zero attached hydrogens (tertiary/aromatic N) is 6. The van der Waals surface area contributed by atoms with Gasteiger partial charge in [0.1, 0.15) is 17.2 Å². The van der Waals surface area contributed by atoms with Crippen LogP contribution in [0.25, 0.3) is 0 Å². The Morgan fingerprint density at radius 1 is 0.191 bits per heavy atom. The van der Waals surface area contributed by atoms with Crippen LogP contribution in [0.5, 0.6) is 17.2 Å². The van der Waals surface area contributed by atoms with Crippen molar-refractivity contribution in [3.05, 3.63) is 18.2 Å². The van der Waals surface area contributed by atoms with E-state index in [1.54, 1.807) is 0 Å². The Hall–Kier alpha value is -2.32. The number of carbonyl (C=O) groups excluding carboxylic acids is 5. The minimum absolute atomic E-state index is 0.116.